The molecule has 4 aromatic rings. The van der Waals surface area contributed by atoms with Crippen LogP contribution in [0.25, 0.3) is 22.5 Å². The van der Waals surface area contributed by atoms with Crippen molar-refractivity contribution in [1.29, 1.82) is 0 Å². The van der Waals surface area contributed by atoms with E-state index in [9.17, 15) is 0 Å². The average Bonchev–Trinajstić information content (AvgIpc) is 2.69. The Balaban J connectivity index is 1.64. The quantitative estimate of drug-likeness (QED) is 0.437. The zero-order valence-electron chi connectivity index (χ0n) is 15.4. The lowest BCUT2D eigenvalue weighted by atomic mass is 10.1. The maximum absolute atomic E-state index is 5.96. The predicted octanol–water partition coefficient (Wildman–Crippen LogP) is 6.22. The number of aromatic nitrogens is 2. The Morgan fingerprint density at radius 3 is 1.41 bits per heavy atom. The van der Waals surface area contributed by atoms with Gasteiger partial charge in [-0.2, -0.15) is 0 Å². The van der Waals surface area contributed by atoms with Crippen molar-refractivity contribution in [1.82, 2.24) is 9.97 Å². The van der Waals surface area contributed by atoms with E-state index in [1.54, 1.807) is 0 Å². The molecule has 2 aromatic carbocycles. The number of rotatable bonds is 4. The molecule has 0 saturated carbocycles. The lowest BCUT2D eigenvalue weighted by Crippen LogP contribution is -1.94. The summed E-state index contributed by atoms with van der Waals surface area (Å²) in [6, 6.07) is 28.0. The van der Waals surface area contributed by atoms with E-state index in [0.29, 0.717) is 11.8 Å². The topological polar surface area (TPSA) is 35.0 Å². The molecule has 0 amide bonds. The molecule has 27 heavy (non-hydrogen) atoms. The Kier molecular flexibility index (Phi) is 4.67. The van der Waals surface area contributed by atoms with Gasteiger partial charge in [0, 0.05) is 23.3 Å². The molecule has 3 nitrogen and oxygen atoms in total. The van der Waals surface area contributed by atoms with Crippen LogP contribution in [0.5, 0.6) is 11.8 Å². The highest BCUT2D eigenvalue weighted by molar-refractivity contribution is 5.64. The summed E-state index contributed by atoms with van der Waals surface area (Å²) in [6.45, 7) is 4.16. The van der Waals surface area contributed by atoms with Crippen LogP contribution in [0, 0.1) is 13.8 Å². The normalized spacial score (nSPS) is 10.6. The maximum atomic E-state index is 5.96. The fourth-order valence-corrected chi connectivity index (χ4v) is 3.07. The summed E-state index contributed by atoms with van der Waals surface area (Å²) in [5.41, 5.74) is 6.35. The molecular formula is C24H20N2O. The Morgan fingerprint density at radius 1 is 0.519 bits per heavy atom. The summed E-state index contributed by atoms with van der Waals surface area (Å²) in [5, 5.41) is 0. The van der Waals surface area contributed by atoms with Gasteiger partial charge < -0.3 is 4.74 Å². The third kappa shape index (κ3) is 3.72. The van der Waals surface area contributed by atoms with Gasteiger partial charge in [-0.25, -0.2) is 9.97 Å². The van der Waals surface area contributed by atoms with Crippen LogP contribution in [0.1, 0.15) is 11.1 Å². The third-order valence-electron chi connectivity index (χ3n) is 4.50. The van der Waals surface area contributed by atoms with Gasteiger partial charge in [0.2, 0.25) is 11.8 Å². The summed E-state index contributed by atoms with van der Waals surface area (Å²) in [5.74, 6) is 1.07. The molecule has 0 spiro atoms. The summed E-state index contributed by atoms with van der Waals surface area (Å²) < 4.78 is 5.96. The highest BCUT2D eigenvalue weighted by atomic mass is 16.5. The highest BCUT2D eigenvalue weighted by Gasteiger charge is 2.08. The van der Waals surface area contributed by atoms with E-state index in [1.807, 2.05) is 60.7 Å². The summed E-state index contributed by atoms with van der Waals surface area (Å²) in [6.07, 6.45) is 0. The number of aryl methyl sites for hydroxylation is 2. The first-order chi connectivity index (χ1) is 13.2. The molecule has 0 atom stereocenters. The monoisotopic (exact) mass is 352 g/mol. The van der Waals surface area contributed by atoms with Crippen molar-refractivity contribution in [2.24, 2.45) is 0 Å². The van der Waals surface area contributed by atoms with Gasteiger partial charge >= 0.3 is 0 Å². The van der Waals surface area contributed by atoms with Crippen molar-refractivity contribution in [3.63, 3.8) is 0 Å². The van der Waals surface area contributed by atoms with E-state index in [-0.39, 0.29) is 0 Å². The van der Waals surface area contributed by atoms with Gasteiger partial charge in [0.15, 0.2) is 0 Å². The average molecular weight is 352 g/mol. The van der Waals surface area contributed by atoms with E-state index in [4.69, 9.17) is 4.74 Å². The first kappa shape index (κ1) is 17.0. The summed E-state index contributed by atoms with van der Waals surface area (Å²) in [4.78, 5) is 9.31. The van der Waals surface area contributed by atoms with Crippen LogP contribution in [-0.2, 0) is 0 Å². The molecule has 2 heterocycles. The molecule has 0 saturated heterocycles. The zero-order valence-corrected chi connectivity index (χ0v) is 15.4. The number of hydrogen-bond acceptors (Lipinski definition) is 3. The van der Waals surface area contributed by atoms with Crippen LogP contribution in [-0.4, -0.2) is 9.97 Å². The Labute approximate surface area is 159 Å². The van der Waals surface area contributed by atoms with Crippen LogP contribution in [0.15, 0.2) is 84.9 Å². The molecule has 0 unspecified atom stereocenters. The van der Waals surface area contributed by atoms with Crippen LogP contribution >= 0.6 is 0 Å². The smallest absolute Gasteiger partial charge is 0.221 e. The van der Waals surface area contributed by atoms with Gasteiger partial charge in [-0.05, 0) is 37.1 Å². The molecule has 2 aromatic heterocycles. The van der Waals surface area contributed by atoms with E-state index in [1.165, 1.54) is 11.1 Å². The van der Waals surface area contributed by atoms with Crippen LogP contribution < -0.4 is 4.74 Å². The number of pyridine rings is 2. The summed E-state index contributed by atoms with van der Waals surface area (Å²) in [7, 11) is 0. The van der Waals surface area contributed by atoms with Gasteiger partial charge in [0.05, 0.1) is 11.4 Å². The van der Waals surface area contributed by atoms with E-state index < -0.39 is 0 Å². The Morgan fingerprint density at radius 2 is 0.963 bits per heavy atom. The third-order valence-corrected chi connectivity index (χ3v) is 4.50. The Hall–Kier alpha value is -3.46. The molecule has 0 aliphatic carbocycles. The van der Waals surface area contributed by atoms with Crippen molar-refractivity contribution >= 4 is 0 Å². The molecule has 4 rings (SSSR count). The minimum absolute atomic E-state index is 0.533. The van der Waals surface area contributed by atoms with Crippen molar-refractivity contribution in [3.05, 3.63) is 96.1 Å². The van der Waals surface area contributed by atoms with Crippen molar-refractivity contribution < 1.29 is 4.74 Å². The first-order valence-corrected chi connectivity index (χ1v) is 8.95. The van der Waals surface area contributed by atoms with Gasteiger partial charge in [-0.3, -0.25) is 0 Å². The highest BCUT2D eigenvalue weighted by Crippen LogP contribution is 2.27. The number of benzene rings is 2. The van der Waals surface area contributed by atoms with Crippen molar-refractivity contribution in [2.45, 2.75) is 13.8 Å². The van der Waals surface area contributed by atoms with E-state index in [0.717, 1.165) is 22.5 Å². The molecule has 132 valence electrons. The van der Waals surface area contributed by atoms with Crippen molar-refractivity contribution in [2.75, 3.05) is 0 Å². The Bertz CT molecular complexity index is 1000. The lowest BCUT2D eigenvalue weighted by Gasteiger charge is -2.10. The number of hydrogen-bond donors (Lipinski definition) is 0. The standard InChI is InChI=1S/C24H20N2O/c1-17-9-3-5-11-19(17)21-13-7-15-23(25-21)27-24-16-8-14-22(26-24)20-12-6-4-10-18(20)2/h3-16H,1-2H3. The second kappa shape index (κ2) is 7.42. The number of ether oxygens (including phenoxy) is 1. The fraction of sp³-hybridized carbons (Fsp3) is 0.0833. The minimum atomic E-state index is 0.533. The fourth-order valence-electron chi connectivity index (χ4n) is 3.07. The van der Waals surface area contributed by atoms with E-state index >= 15 is 0 Å². The van der Waals surface area contributed by atoms with Crippen LogP contribution in [0.3, 0.4) is 0 Å². The molecule has 0 N–H and O–H groups in total. The van der Waals surface area contributed by atoms with E-state index in [2.05, 4.69) is 48.1 Å². The van der Waals surface area contributed by atoms with Crippen LogP contribution in [0.2, 0.25) is 0 Å². The molecule has 0 radical (unpaired) electrons. The maximum Gasteiger partial charge on any atom is 0.221 e. The van der Waals surface area contributed by atoms with Gasteiger partial charge in [0.1, 0.15) is 0 Å². The first-order valence-electron chi connectivity index (χ1n) is 8.95. The van der Waals surface area contributed by atoms with Gasteiger partial charge in [-0.15, -0.1) is 0 Å². The molecule has 0 aliphatic heterocycles. The van der Waals surface area contributed by atoms with Crippen molar-refractivity contribution in [3.8, 4) is 34.3 Å². The second-order valence-corrected chi connectivity index (χ2v) is 6.45. The summed E-state index contributed by atoms with van der Waals surface area (Å²) >= 11 is 0. The SMILES string of the molecule is Cc1ccccc1-c1cccc(Oc2cccc(-c3ccccc3C)n2)n1. The predicted molar refractivity (Wildman–Crippen MR) is 109 cm³/mol. The zero-order chi connectivity index (χ0) is 18.6. The largest absolute Gasteiger partial charge is 0.421 e. The number of nitrogens with zero attached hydrogens (tertiary/aromatic N) is 2. The van der Waals surface area contributed by atoms with Gasteiger partial charge in [0.25, 0.3) is 0 Å². The minimum Gasteiger partial charge on any atom is -0.421 e. The lowest BCUT2D eigenvalue weighted by molar-refractivity contribution is 0.446. The molecule has 0 aliphatic rings. The molecule has 0 bridgehead atoms. The molecule has 3 heteroatoms. The second-order valence-electron chi connectivity index (χ2n) is 6.45. The molecular weight excluding hydrogens is 332 g/mol. The van der Waals surface area contributed by atoms with Gasteiger partial charge in [-0.1, -0.05) is 60.7 Å². The molecule has 0 fully saturated rings. The van der Waals surface area contributed by atoms with Crippen LogP contribution in [0.4, 0.5) is 0 Å².